The lowest BCUT2D eigenvalue weighted by atomic mass is 10.3. The van der Waals surface area contributed by atoms with E-state index in [1.807, 2.05) is 6.92 Å². The number of hydrogen-bond donors (Lipinski definition) is 1. The Morgan fingerprint density at radius 1 is 1.56 bits per heavy atom. The van der Waals surface area contributed by atoms with Gasteiger partial charge in [-0.25, -0.2) is 4.98 Å². The molecular formula is C10H14ClN3O2. The van der Waals surface area contributed by atoms with E-state index in [0.717, 1.165) is 0 Å². The van der Waals surface area contributed by atoms with Crippen LogP contribution in [0, 0.1) is 0 Å². The molecule has 0 bridgehead atoms. The number of ether oxygens (including phenoxy) is 1. The second-order valence-corrected chi connectivity index (χ2v) is 3.46. The predicted octanol–water partition coefficient (Wildman–Crippen LogP) is 1.89. The van der Waals surface area contributed by atoms with E-state index in [4.69, 9.17) is 16.3 Å². The van der Waals surface area contributed by atoms with Crippen LogP contribution in [-0.4, -0.2) is 29.1 Å². The molecule has 0 atom stereocenters. The molecule has 1 amide bonds. The Kier molecular flexibility index (Phi) is 5.74. The monoisotopic (exact) mass is 243 g/mol. The van der Waals surface area contributed by atoms with Crippen molar-refractivity contribution >= 4 is 23.3 Å². The highest BCUT2D eigenvalue weighted by Crippen LogP contribution is 2.07. The van der Waals surface area contributed by atoms with Crippen molar-refractivity contribution < 1.29 is 9.53 Å². The van der Waals surface area contributed by atoms with E-state index in [9.17, 15) is 4.79 Å². The third kappa shape index (κ3) is 5.04. The summed E-state index contributed by atoms with van der Waals surface area (Å²) in [4.78, 5) is 19.1. The second kappa shape index (κ2) is 7.14. The maximum atomic E-state index is 11.4. The van der Waals surface area contributed by atoms with Crippen LogP contribution >= 0.6 is 11.6 Å². The lowest BCUT2D eigenvalue weighted by molar-refractivity contribution is -0.116. The number of carbonyl (C=O) groups excluding carboxylic acids is 1. The molecular weight excluding hydrogens is 230 g/mol. The van der Waals surface area contributed by atoms with Crippen molar-refractivity contribution in [2.45, 2.75) is 19.8 Å². The number of aromatic nitrogens is 2. The first-order chi connectivity index (χ1) is 7.72. The highest BCUT2D eigenvalue weighted by atomic mass is 35.5. The first-order valence-corrected chi connectivity index (χ1v) is 5.45. The third-order valence-electron chi connectivity index (χ3n) is 1.77. The Morgan fingerprint density at radius 3 is 3.06 bits per heavy atom. The van der Waals surface area contributed by atoms with Crippen LogP contribution in [0.2, 0.25) is 5.15 Å². The van der Waals surface area contributed by atoms with E-state index < -0.39 is 0 Å². The van der Waals surface area contributed by atoms with Crippen LogP contribution in [0.5, 0.6) is 0 Å². The molecule has 1 aromatic heterocycles. The maximum absolute atomic E-state index is 11.4. The lowest BCUT2D eigenvalue weighted by Crippen LogP contribution is -2.13. The molecule has 1 heterocycles. The van der Waals surface area contributed by atoms with Gasteiger partial charge in [-0.1, -0.05) is 11.6 Å². The molecule has 0 spiro atoms. The van der Waals surface area contributed by atoms with Gasteiger partial charge in [-0.05, 0) is 13.3 Å². The van der Waals surface area contributed by atoms with Gasteiger partial charge in [0, 0.05) is 19.6 Å². The van der Waals surface area contributed by atoms with Gasteiger partial charge in [0.15, 0.2) is 5.82 Å². The highest BCUT2D eigenvalue weighted by Gasteiger charge is 2.03. The number of nitrogens with zero attached hydrogens (tertiary/aromatic N) is 2. The molecule has 0 saturated carbocycles. The van der Waals surface area contributed by atoms with Crippen molar-refractivity contribution in [3.8, 4) is 0 Å². The Balaban J connectivity index is 2.29. The molecule has 0 fully saturated rings. The van der Waals surface area contributed by atoms with Crippen LogP contribution < -0.4 is 5.32 Å². The van der Waals surface area contributed by atoms with Crippen molar-refractivity contribution in [3.63, 3.8) is 0 Å². The Labute approximate surface area is 99.2 Å². The van der Waals surface area contributed by atoms with E-state index in [1.54, 1.807) is 0 Å². The summed E-state index contributed by atoms with van der Waals surface area (Å²) in [6, 6.07) is 0. The predicted molar refractivity (Wildman–Crippen MR) is 61.4 cm³/mol. The molecule has 16 heavy (non-hydrogen) atoms. The van der Waals surface area contributed by atoms with Crippen LogP contribution in [0.15, 0.2) is 12.4 Å². The van der Waals surface area contributed by atoms with Crippen molar-refractivity contribution in [1.82, 2.24) is 9.97 Å². The van der Waals surface area contributed by atoms with Crippen molar-refractivity contribution in [3.05, 3.63) is 17.5 Å². The minimum Gasteiger partial charge on any atom is -0.382 e. The van der Waals surface area contributed by atoms with Crippen molar-refractivity contribution in [1.29, 1.82) is 0 Å². The summed E-state index contributed by atoms with van der Waals surface area (Å²) in [6.45, 7) is 3.17. The third-order valence-corrected chi connectivity index (χ3v) is 1.95. The van der Waals surface area contributed by atoms with Crippen molar-refractivity contribution in [2.24, 2.45) is 0 Å². The molecule has 1 N–H and O–H groups in total. The molecule has 1 rings (SSSR count). The Morgan fingerprint density at radius 2 is 2.38 bits per heavy atom. The van der Waals surface area contributed by atoms with Gasteiger partial charge in [0.25, 0.3) is 0 Å². The normalized spacial score (nSPS) is 10.1. The first kappa shape index (κ1) is 12.9. The molecule has 0 aliphatic carbocycles. The highest BCUT2D eigenvalue weighted by molar-refractivity contribution is 6.29. The molecule has 0 aliphatic rings. The molecule has 0 unspecified atom stereocenters. The fourth-order valence-corrected chi connectivity index (χ4v) is 1.23. The topological polar surface area (TPSA) is 64.1 Å². The summed E-state index contributed by atoms with van der Waals surface area (Å²) >= 11 is 5.63. The number of amides is 1. The zero-order valence-electron chi connectivity index (χ0n) is 9.07. The van der Waals surface area contributed by atoms with Crippen LogP contribution in [0.25, 0.3) is 0 Å². The molecule has 6 heteroatoms. The summed E-state index contributed by atoms with van der Waals surface area (Å²) < 4.78 is 5.12. The first-order valence-electron chi connectivity index (χ1n) is 5.07. The summed E-state index contributed by atoms with van der Waals surface area (Å²) in [5.41, 5.74) is 0. The van der Waals surface area contributed by atoms with Gasteiger partial charge < -0.3 is 10.1 Å². The van der Waals surface area contributed by atoms with Gasteiger partial charge in [-0.2, -0.15) is 0 Å². The quantitative estimate of drug-likeness (QED) is 0.775. The minimum atomic E-state index is -0.115. The van der Waals surface area contributed by atoms with Gasteiger partial charge in [-0.15, -0.1) is 0 Å². The van der Waals surface area contributed by atoms with Gasteiger partial charge >= 0.3 is 0 Å². The van der Waals surface area contributed by atoms with Crippen LogP contribution in [-0.2, 0) is 9.53 Å². The van der Waals surface area contributed by atoms with E-state index in [0.29, 0.717) is 31.9 Å². The zero-order valence-corrected chi connectivity index (χ0v) is 9.83. The van der Waals surface area contributed by atoms with Crippen LogP contribution in [0.3, 0.4) is 0 Å². The number of carbonyl (C=O) groups is 1. The van der Waals surface area contributed by atoms with Gasteiger partial charge in [0.05, 0.1) is 12.4 Å². The molecule has 0 radical (unpaired) electrons. The zero-order chi connectivity index (χ0) is 11.8. The summed E-state index contributed by atoms with van der Waals surface area (Å²) in [5, 5.41) is 2.86. The molecule has 1 aromatic rings. The smallest absolute Gasteiger partial charge is 0.225 e. The molecule has 5 nitrogen and oxygen atoms in total. The maximum Gasteiger partial charge on any atom is 0.225 e. The Bertz CT molecular complexity index is 347. The van der Waals surface area contributed by atoms with Crippen molar-refractivity contribution in [2.75, 3.05) is 18.5 Å². The van der Waals surface area contributed by atoms with Crippen LogP contribution in [0.4, 0.5) is 5.82 Å². The fourth-order valence-electron chi connectivity index (χ4n) is 1.09. The standard InChI is InChI=1S/C10H14ClN3O2/c1-2-16-5-3-4-10(15)14-9-7-12-6-8(11)13-9/h6-7H,2-5H2,1H3,(H,13,14,15). The van der Waals surface area contributed by atoms with Gasteiger partial charge in [0.2, 0.25) is 5.91 Å². The van der Waals surface area contributed by atoms with E-state index in [1.165, 1.54) is 12.4 Å². The largest absolute Gasteiger partial charge is 0.382 e. The van der Waals surface area contributed by atoms with E-state index in [2.05, 4.69) is 15.3 Å². The number of hydrogen-bond acceptors (Lipinski definition) is 4. The average Bonchev–Trinajstić information content (AvgIpc) is 2.24. The second-order valence-electron chi connectivity index (χ2n) is 3.08. The number of anilines is 1. The molecule has 0 saturated heterocycles. The number of nitrogens with one attached hydrogen (secondary N) is 1. The SMILES string of the molecule is CCOCCCC(=O)Nc1cncc(Cl)n1. The average molecular weight is 244 g/mol. The Hall–Kier alpha value is -1.20. The minimum absolute atomic E-state index is 0.115. The summed E-state index contributed by atoms with van der Waals surface area (Å²) in [5.74, 6) is 0.255. The molecule has 0 aliphatic heterocycles. The fraction of sp³-hybridized carbons (Fsp3) is 0.500. The van der Waals surface area contributed by atoms with Gasteiger partial charge in [-0.3, -0.25) is 9.78 Å². The van der Waals surface area contributed by atoms with E-state index in [-0.39, 0.29) is 11.1 Å². The molecule has 0 aromatic carbocycles. The summed E-state index contributed by atoms with van der Waals surface area (Å²) in [7, 11) is 0. The van der Waals surface area contributed by atoms with Gasteiger partial charge in [0.1, 0.15) is 5.15 Å². The lowest BCUT2D eigenvalue weighted by Gasteiger charge is -2.04. The molecule has 88 valence electrons. The summed E-state index contributed by atoms with van der Waals surface area (Å²) in [6.07, 6.45) is 3.94. The van der Waals surface area contributed by atoms with E-state index >= 15 is 0 Å². The number of halogens is 1. The number of rotatable bonds is 6. The van der Waals surface area contributed by atoms with Crippen LogP contribution in [0.1, 0.15) is 19.8 Å².